The van der Waals surface area contributed by atoms with Crippen LogP contribution in [0.2, 0.25) is 0 Å². The van der Waals surface area contributed by atoms with Crippen LogP contribution in [0.15, 0.2) is 36.9 Å². The third-order valence-electron chi connectivity index (χ3n) is 3.32. The molecule has 0 unspecified atom stereocenters. The summed E-state index contributed by atoms with van der Waals surface area (Å²) in [7, 11) is 1.82. The number of imidazole rings is 1. The lowest BCUT2D eigenvalue weighted by Crippen LogP contribution is -2.28. The Morgan fingerprint density at radius 1 is 1.38 bits per heavy atom. The molecule has 0 aliphatic heterocycles. The van der Waals surface area contributed by atoms with Crippen LogP contribution in [0.25, 0.3) is 5.65 Å². The third-order valence-corrected chi connectivity index (χ3v) is 4.29. The maximum absolute atomic E-state index is 12.4. The van der Waals surface area contributed by atoms with Crippen molar-refractivity contribution in [1.29, 1.82) is 0 Å². The molecule has 0 N–H and O–H groups in total. The van der Waals surface area contributed by atoms with E-state index in [1.165, 1.54) is 4.88 Å². The molecule has 0 aliphatic carbocycles. The lowest BCUT2D eigenvalue weighted by atomic mass is 10.2. The molecule has 3 aromatic heterocycles. The van der Waals surface area contributed by atoms with Gasteiger partial charge in [-0.25, -0.2) is 9.97 Å². The topological polar surface area (TPSA) is 50.5 Å². The maximum Gasteiger partial charge on any atom is 0.253 e. The second-order valence-corrected chi connectivity index (χ2v) is 6.27. The fourth-order valence-corrected chi connectivity index (χ4v) is 2.92. The van der Waals surface area contributed by atoms with Crippen LogP contribution in [0.5, 0.6) is 0 Å². The van der Waals surface area contributed by atoms with Gasteiger partial charge in [0.05, 0.1) is 5.01 Å². The monoisotopic (exact) mass is 300 g/mol. The number of aryl methyl sites for hydroxylation is 1. The zero-order valence-corrected chi connectivity index (χ0v) is 12.8. The van der Waals surface area contributed by atoms with Crippen LogP contribution >= 0.6 is 11.3 Å². The summed E-state index contributed by atoms with van der Waals surface area (Å²) in [5, 5.41) is 1.07. The van der Waals surface area contributed by atoms with Gasteiger partial charge in [-0.1, -0.05) is 0 Å². The number of fused-ring (bicyclic) bond motifs is 1. The molecule has 6 heteroatoms. The van der Waals surface area contributed by atoms with E-state index in [2.05, 4.69) is 9.97 Å². The first-order valence-electron chi connectivity index (χ1n) is 6.73. The van der Waals surface area contributed by atoms with E-state index in [0.29, 0.717) is 12.1 Å². The SMILES string of the molecule is Cc1cnc(CCN(C)C(=O)c2ccn3ccnc3c2)s1. The van der Waals surface area contributed by atoms with Gasteiger partial charge in [-0.15, -0.1) is 11.3 Å². The number of amides is 1. The van der Waals surface area contributed by atoms with E-state index in [1.54, 1.807) is 22.4 Å². The predicted octanol–water partition coefficient (Wildman–Crippen LogP) is 2.41. The number of carbonyl (C=O) groups is 1. The number of nitrogens with zero attached hydrogens (tertiary/aromatic N) is 4. The average molecular weight is 300 g/mol. The predicted molar refractivity (Wildman–Crippen MR) is 82.7 cm³/mol. The number of thiazole rings is 1. The summed E-state index contributed by atoms with van der Waals surface area (Å²) >= 11 is 1.68. The normalized spacial score (nSPS) is 11.0. The van der Waals surface area contributed by atoms with Crippen LogP contribution < -0.4 is 0 Å². The van der Waals surface area contributed by atoms with Crippen molar-refractivity contribution in [3.05, 3.63) is 52.4 Å². The zero-order chi connectivity index (χ0) is 14.8. The summed E-state index contributed by atoms with van der Waals surface area (Å²) < 4.78 is 1.88. The van der Waals surface area contributed by atoms with Crippen molar-refractivity contribution < 1.29 is 4.79 Å². The maximum atomic E-state index is 12.4. The molecule has 0 aliphatic rings. The van der Waals surface area contributed by atoms with Gasteiger partial charge in [0.25, 0.3) is 5.91 Å². The molecule has 0 fully saturated rings. The molecular weight excluding hydrogens is 284 g/mol. The molecule has 0 atom stereocenters. The highest BCUT2D eigenvalue weighted by Crippen LogP contribution is 2.13. The molecule has 0 aromatic carbocycles. The number of pyridine rings is 1. The summed E-state index contributed by atoms with van der Waals surface area (Å²) in [6.07, 6.45) is 8.09. The molecule has 0 saturated heterocycles. The molecule has 0 bridgehead atoms. The minimum Gasteiger partial charge on any atom is -0.341 e. The van der Waals surface area contributed by atoms with Crippen molar-refractivity contribution in [3.63, 3.8) is 0 Å². The van der Waals surface area contributed by atoms with E-state index in [4.69, 9.17) is 0 Å². The second kappa shape index (κ2) is 5.65. The lowest BCUT2D eigenvalue weighted by Gasteiger charge is -2.16. The van der Waals surface area contributed by atoms with Gasteiger partial charge in [0.1, 0.15) is 5.65 Å². The van der Waals surface area contributed by atoms with Gasteiger partial charge in [0.15, 0.2) is 0 Å². The Balaban J connectivity index is 1.68. The first-order chi connectivity index (χ1) is 10.1. The van der Waals surface area contributed by atoms with Gasteiger partial charge >= 0.3 is 0 Å². The fourth-order valence-electron chi connectivity index (χ4n) is 2.15. The quantitative estimate of drug-likeness (QED) is 0.743. The van der Waals surface area contributed by atoms with Crippen LogP contribution in [-0.2, 0) is 6.42 Å². The number of rotatable bonds is 4. The van der Waals surface area contributed by atoms with Crippen molar-refractivity contribution in [2.24, 2.45) is 0 Å². The Morgan fingerprint density at radius 2 is 2.24 bits per heavy atom. The summed E-state index contributed by atoms with van der Waals surface area (Å²) in [5.41, 5.74) is 1.44. The Morgan fingerprint density at radius 3 is 3.00 bits per heavy atom. The molecule has 21 heavy (non-hydrogen) atoms. The molecule has 0 radical (unpaired) electrons. The van der Waals surface area contributed by atoms with Gasteiger partial charge in [-0.2, -0.15) is 0 Å². The Labute approximate surface area is 126 Å². The van der Waals surface area contributed by atoms with Gasteiger partial charge in [-0.3, -0.25) is 4.79 Å². The highest BCUT2D eigenvalue weighted by atomic mass is 32.1. The molecule has 0 spiro atoms. The van der Waals surface area contributed by atoms with Crippen molar-refractivity contribution in [3.8, 4) is 0 Å². The molecule has 3 heterocycles. The molecule has 0 saturated carbocycles. The van der Waals surface area contributed by atoms with Crippen LogP contribution in [-0.4, -0.2) is 38.8 Å². The van der Waals surface area contributed by atoms with Crippen molar-refractivity contribution in [2.45, 2.75) is 13.3 Å². The molecule has 3 rings (SSSR count). The fraction of sp³-hybridized carbons (Fsp3) is 0.267. The number of hydrogen-bond acceptors (Lipinski definition) is 4. The van der Waals surface area contributed by atoms with Crippen molar-refractivity contribution in [1.82, 2.24) is 19.3 Å². The minimum absolute atomic E-state index is 0.00813. The van der Waals surface area contributed by atoms with Gasteiger partial charge in [0.2, 0.25) is 0 Å². The van der Waals surface area contributed by atoms with Crippen LogP contribution in [0, 0.1) is 6.92 Å². The smallest absolute Gasteiger partial charge is 0.253 e. The summed E-state index contributed by atoms with van der Waals surface area (Å²) in [5.74, 6) is 0.00813. The van der Waals surface area contributed by atoms with Crippen LogP contribution in [0.1, 0.15) is 20.2 Å². The highest BCUT2D eigenvalue weighted by Gasteiger charge is 2.13. The number of aromatic nitrogens is 3. The molecule has 108 valence electrons. The van der Waals surface area contributed by atoms with Crippen LogP contribution in [0.3, 0.4) is 0 Å². The Hall–Kier alpha value is -2.21. The Kier molecular flexibility index (Phi) is 3.70. The van der Waals surface area contributed by atoms with Crippen molar-refractivity contribution in [2.75, 3.05) is 13.6 Å². The summed E-state index contributed by atoms with van der Waals surface area (Å²) in [6.45, 7) is 2.70. The zero-order valence-electron chi connectivity index (χ0n) is 12.0. The second-order valence-electron chi connectivity index (χ2n) is 4.95. The average Bonchev–Trinajstić information content (AvgIpc) is 3.11. The molecule has 3 aromatic rings. The third kappa shape index (κ3) is 2.95. The van der Waals surface area contributed by atoms with Crippen LogP contribution in [0.4, 0.5) is 0 Å². The summed E-state index contributed by atoms with van der Waals surface area (Å²) in [4.78, 5) is 23.9. The lowest BCUT2D eigenvalue weighted by molar-refractivity contribution is 0.0796. The first kappa shape index (κ1) is 13.8. The van der Waals surface area contributed by atoms with E-state index >= 15 is 0 Å². The number of hydrogen-bond donors (Lipinski definition) is 0. The van der Waals surface area contributed by atoms with E-state index in [1.807, 2.05) is 49.1 Å². The standard InChI is InChI=1S/C15H16N4OS/c1-11-10-17-14(21-11)4-6-18(2)15(20)12-3-7-19-8-5-16-13(19)9-12/h3,5,7-10H,4,6H2,1-2H3. The summed E-state index contributed by atoms with van der Waals surface area (Å²) in [6, 6.07) is 3.63. The first-order valence-corrected chi connectivity index (χ1v) is 7.54. The Bertz CT molecular complexity index is 777. The van der Waals surface area contributed by atoms with E-state index in [0.717, 1.165) is 17.1 Å². The minimum atomic E-state index is 0.00813. The molecular formula is C15H16N4OS. The van der Waals surface area contributed by atoms with E-state index in [9.17, 15) is 4.79 Å². The highest BCUT2D eigenvalue weighted by molar-refractivity contribution is 7.11. The molecule has 5 nitrogen and oxygen atoms in total. The van der Waals surface area contributed by atoms with E-state index < -0.39 is 0 Å². The largest absolute Gasteiger partial charge is 0.341 e. The van der Waals surface area contributed by atoms with Gasteiger partial charge in [0, 0.05) is 55.2 Å². The number of carbonyl (C=O) groups excluding carboxylic acids is 1. The van der Waals surface area contributed by atoms with Gasteiger partial charge in [-0.05, 0) is 19.1 Å². The van der Waals surface area contributed by atoms with Gasteiger partial charge < -0.3 is 9.30 Å². The van der Waals surface area contributed by atoms with E-state index in [-0.39, 0.29) is 5.91 Å². The van der Waals surface area contributed by atoms with Crippen molar-refractivity contribution >= 4 is 22.9 Å². The molecule has 1 amide bonds. The number of likely N-dealkylation sites (N-methyl/N-ethyl adjacent to an activating group) is 1.